The standard InChI is InChI=1S/C8H9ClN2/c1-10-11(2)8-6-4-3-5-7(8)9/h3-6H,1H2,2H3. The van der Waals surface area contributed by atoms with E-state index < -0.39 is 0 Å². The molecule has 0 saturated heterocycles. The zero-order valence-electron chi connectivity index (χ0n) is 6.29. The molecule has 0 aromatic heterocycles. The van der Waals surface area contributed by atoms with Crippen LogP contribution in [0.3, 0.4) is 0 Å². The van der Waals surface area contributed by atoms with Gasteiger partial charge in [-0.2, -0.15) is 5.10 Å². The second kappa shape index (κ2) is 3.39. The van der Waals surface area contributed by atoms with Crippen molar-refractivity contribution in [2.45, 2.75) is 0 Å². The molecule has 11 heavy (non-hydrogen) atoms. The van der Waals surface area contributed by atoms with Gasteiger partial charge in [0.1, 0.15) is 0 Å². The van der Waals surface area contributed by atoms with Crippen LogP contribution in [-0.2, 0) is 0 Å². The van der Waals surface area contributed by atoms with Crippen LogP contribution in [0, 0.1) is 0 Å². The van der Waals surface area contributed by atoms with Crippen molar-refractivity contribution in [2.75, 3.05) is 12.1 Å². The molecule has 0 aliphatic heterocycles. The summed E-state index contributed by atoms with van der Waals surface area (Å²) in [6.45, 7) is 3.40. The molecule has 0 bridgehead atoms. The Hall–Kier alpha value is -1.02. The van der Waals surface area contributed by atoms with Crippen molar-refractivity contribution in [3.8, 4) is 0 Å². The molecule has 58 valence electrons. The maximum absolute atomic E-state index is 5.87. The van der Waals surface area contributed by atoms with Gasteiger partial charge in [-0.05, 0) is 12.1 Å². The topological polar surface area (TPSA) is 15.6 Å². The van der Waals surface area contributed by atoms with E-state index >= 15 is 0 Å². The predicted octanol–water partition coefficient (Wildman–Crippen LogP) is 2.39. The first-order valence-corrected chi connectivity index (χ1v) is 3.58. The van der Waals surface area contributed by atoms with E-state index in [0.29, 0.717) is 5.02 Å². The van der Waals surface area contributed by atoms with Crippen molar-refractivity contribution in [1.29, 1.82) is 0 Å². The van der Waals surface area contributed by atoms with E-state index in [-0.39, 0.29) is 0 Å². The van der Waals surface area contributed by atoms with Crippen LogP contribution in [0.1, 0.15) is 0 Å². The number of hydrogen-bond donors (Lipinski definition) is 0. The highest BCUT2D eigenvalue weighted by molar-refractivity contribution is 6.33. The Bertz CT molecular complexity index is 260. The molecule has 1 rings (SSSR count). The van der Waals surface area contributed by atoms with Crippen molar-refractivity contribution < 1.29 is 0 Å². The van der Waals surface area contributed by atoms with Gasteiger partial charge in [0, 0.05) is 13.8 Å². The molecule has 1 aromatic carbocycles. The SMILES string of the molecule is C=NN(C)c1ccccc1Cl. The van der Waals surface area contributed by atoms with Gasteiger partial charge in [-0.1, -0.05) is 23.7 Å². The number of benzene rings is 1. The van der Waals surface area contributed by atoms with E-state index in [1.165, 1.54) is 0 Å². The van der Waals surface area contributed by atoms with Gasteiger partial charge in [-0.15, -0.1) is 0 Å². The summed E-state index contributed by atoms with van der Waals surface area (Å²) < 4.78 is 0. The summed E-state index contributed by atoms with van der Waals surface area (Å²) in [7, 11) is 1.80. The monoisotopic (exact) mass is 168 g/mol. The molecular weight excluding hydrogens is 160 g/mol. The molecule has 3 heteroatoms. The molecular formula is C8H9ClN2. The fourth-order valence-electron chi connectivity index (χ4n) is 0.790. The van der Waals surface area contributed by atoms with Crippen LogP contribution in [0.15, 0.2) is 29.4 Å². The fourth-order valence-corrected chi connectivity index (χ4v) is 1.05. The van der Waals surface area contributed by atoms with Gasteiger partial charge in [0.2, 0.25) is 0 Å². The molecule has 0 aliphatic rings. The first kappa shape index (κ1) is 8.08. The second-order valence-corrected chi connectivity index (χ2v) is 2.52. The van der Waals surface area contributed by atoms with Crippen LogP contribution in [-0.4, -0.2) is 13.8 Å². The minimum absolute atomic E-state index is 0.683. The Morgan fingerprint density at radius 2 is 2.09 bits per heavy atom. The van der Waals surface area contributed by atoms with Crippen molar-refractivity contribution in [1.82, 2.24) is 0 Å². The van der Waals surface area contributed by atoms with E-state index in [2.05, 4.69) is 11.8 Å². The molecule has 0 fully saturated rings. The third kappa shape index (κ3) is 1.71. The van der Waals surface area contributed by atoms with Crippen molar-refractivity contribution in [3.63, 3.8) is 0 Å². The molecule has 0 atom stereocenters. The lowest BCUT2D eigenvalue weighted by molar-refractivity contribution is 1.03. The minimum Gasteiger partial charge on any atom is -0.268 e. The molecule has 0 spiro atoms. The lowest BCUT2D eigenvalue weighted by atomic mass is 10.3. The Kier molecular flexibility index (Phi) is 2.49. The molecule has 2 nitrogen and oxygen atoms in total. The van der Waals surface area contributed by atoms with Gasteiger partial charge in [-0.3, -0.25) is 5.01 Å². The van der Waals surface area contributed by atoms with E-state index in [1.807, 2.05) is 24.3 Å². The number of halogens is 1. The van der Waals surface area contributed by atoms with E-state index in [0.717, 1.165) is 5.69 Å². The third-order valence-corrected chi connectivity index (χ3v) is 1.73. The van der Waals surface area contributed by atoms with Crippen LogP contribution < -0.4 is 5.01 Å². The molecule has 0 saturated carbocycles. The zero-order valence-corrected chi connectivity index (χ0v) is 7.04. The summed E-state index contributed by atoms with van der Waals surface area (Å²) >= 11 is 5.87. The quantitative estimate of drug-likeness (QED) is 0.489. The number of hydrogen-bond acceptors (Lipinski definition) is 2. The molecule has 0 N–H and O–H groups in total. The summed E-state index contributed by atoms with van der Waals surface area (Å²) in [6.07, 6.45) is 0. The molecule has 0 amide bonds. The maximum atomic E-state index is 5.87. The van der Waals surface area contributed by atoms with Crippen LogP contribution in [0.2, 0.25) is 5.02 Å². The smallest absolute Gasteiger partial charge is 0.0776 e. The van der Waals surface area contributed by atoms with Gasteiger partial charge < -0.3 is 0 Å². The van der Waals surface area contributed by atoms with Crippen LogP contribution in [0.4, 0.5) is 5.69 Å². The predicted molar refractivity (Wildman–Crippen MR) is 49.4 cm³/mol. The van der Waals surface area contributed by atoms with E-state index in [4.69, 9.17) is 11.6 Å². The molecule has 0 radical (unpaired) electrons. The number of hydrazone groups is 1. The highest BCUT2D eigenvalue weighted by atomic mass is 35.5. The maximum Gasteiger partial charge on any atom is 0.0776 e. The van der Waals surface area contributed by atoms with Crippen LogP contribution in [0.5, 0.6) is 0 Å². The Morgan fingerprint density at radius 1 is 1.45 bits per heavy atom. The average molecular weight is 169 g/mol. The summed E-state index contributed by atoms with van der Waals surface area (Å²) in [5.74, 6) is 0. The van der Waals surface area contributed by atoms with Gasteiger partial charge in [0.25, 0.3) is 0 Å². The Balaban J connectivity index is 3.02. The summed E-state index contributed by atoms with van der Waals surface area (Å²) in [4.78, 5) is 0. The largest absolute Gasteiger partial charge is 0.268 e. The second-order valence-electron chi connectivity index (χ2n) is 2.12. The van der Waals surface area contributed by atoms with Crippen LogP contribution >= 0.6 is 11.6 Å². The Morgan fingerprint density at radius 3 is 2.64 bits per heavy atom. The Labute approximate surface area is 71.1 Å². The molecule has 0 aliphatic carbocycles. The van der Waals surface area contributed by atoms with E-state index in [1.54, 1.807) is 12.1 Å². The highest BCUT2D eigenvalue weighted by Gasteiger charge is 2.00. The normalized spacial score (nSPS) is 9.27. The zero-order chi connectivity index (χ0) is 8.27. The fraction of sp³-hybridized carbons (Fsp3) is 0.125. The summed E-state index contributed by atoms with van der Waals surface area (Å²) in [5, 5.41) is 6.03. The first-order chi connectivity index (χ1) is 5.25. The summed E-state index contributed by atoms with van der Waals surface area (Å²) in [6, 6.07) is 7.49. The lowest BCUT2D eigenvalue weighted by Crippen LogP contribution is -2.07. The minimum atomic E-state index is 0.683. The number of anilines is 1. The first-order valence-electron chi connectivity index (χ1n) is 3.20. The average Bonchev–Trinajstić information content (AvgIpc) is 2.04. The van der Waals surface area contributed by atoms with Gasteiger partial charge in [0.15, 0.2) is 0 Å². The molecule has 1 aromatic rings. The van der Waals surface area contributed by atoms with Crippen molar-refractivity contribution in [2.24, 2.45) is 5.10 Å². The van der Waals surface area contributed by atoms with Crippen LogP contribution in [0.25, 0.3) is 0 Å². The number of rotatable bonds is 2. The van der Waals surface area contributed by atoms with Crippen molar-refractivity contribution >= 4 is 24.0 Å². The highest BCUT2D eigenvalue weighted by Crippen LogP contribution is 2.23. The summed E-state index contributed by atoms with van der Waals surface area (Å²) in [5.41, 5.74) is 0.865. The molecule has 0 unspecified atom stereocenters. The lowest BCUT2D eigenvalue weighted by Gasteiger charge is -2.12. The number of nitrogens with zero attached hydrogens (tertiary/aromatic N) is 2. The van der Waals surface area contributed by atoms with Gasteiger partial charge in [0.05, 0.1) is 10.7 Å². The van der Waals surface area contributed by atoms with Crippen molar-refractivity contribution in [3.05, 3.63) is 29.3 Å². The van der Waals surface area contributed by atoms with Gasteiger partial charge in [-0.25, -0.2) is 0 Å². The number of para-hydroxylation sites is 1. The van der Waals surface area contributed by atoms with E-state index in [9.17, 15) is 0 Å². The molecule has 0 heterocycles. The van der Waals surface area contributed by atoms with Gasteiger partial charge >= 0.3 is 0 Å². The third-order valence-electron chi connectivity index (χ3n) is 1.41.